The summed E-state index contributed by atoms with van der Waals surface area (Å²) < 4.78 is 28.7. The van der Waals surface area contributed by atoms with E-state index in [-0.39, 0.29) is 0 Å². The number of benzene rings is 1. The van der Waals surface area contributed by atoms with Gasteiger partial charge in [0.15, 0.2) is 0 Å². The van der Waals surface area contributed by atoms with Gasteiger partial charge in [-0.15, -0.1) is 10.2 Å². The van der Waals surface area contributed by atoms with E-state index in [4.69, 9.17) is 0 Å². The van der Waals surface area contributed by atoms with E-state index in [0.29, 0.717) is 18.0 Å². The summed E-state index contributed by atoms with van der Waals surface area (Å²) in [6.45, 7) is 5.27. The summed E-state index contributed by atoms with van der Waals surface area (Å²) in [5, 5.41) is 8.24. The zero-order valence-electron chi connectivity index (χ0n) is 12.7. The quantitative estimate of drug-likeness (QED) is 0.871. The number of halogens is 2. The molecule has 1 aromatic carbocycles. The Labute approximate surface area is 128 Å². The molecule has 6 heteroatoms. The van der Waals surface area contributed by atoms with Crippen molar-refractivity contribution < 1.29 is 8.78 Å². The van der Waals surface area contributed by atoms with Crippen LogP contribution in [0.5, 0.6) is 0 Å². The minimum atomic E-state index is -0.519. The third-order valence-electron chi connectivity index (χ3n) is 4.19. The van der Waals surface area contributed by atoms with Crippen molar-refractivity contribution in [3.63, 3.8) is 0 Å². The Morgan fingerprint density at radius 1 is 1.23 bits per heavy atom. The van der Waals surface area contributed by atoms with Crippen LogP contribution in [-0.2, 0) is 13.1 Å². The lowest BCUT2D eigenvalue weighted by Gasteiger charge is -2.32. The molecule has 0 amide bonds. The maximum Gasteiger partial charge on any atom is 0.137 e. The normalized spacial score (nSPS) is 19.5. The molecule has 0 saturated carbocycles. The second kappa shape index (κ2) is 6.52. The molecule has 1 atom stereocenters. The first-order valence-electron chi connectivity index (χ1n) is 7.70. The van der Waals surface area contributed by atoms with Crippen molar-refractivity contribution in [3.05, 3.63) is 47.5 Å². The van der Waals surface area contributed by atoms with Crippen molar-refractivity contribution in [1.29, 1.82) is 0 Å². The smallest absolute Gasteiger partial charge is 0.137 e. The summed E-state index contributed by atoms with van der Waals surface area (Å²) in [5.74, 6) is 0.302. The van der Waals surface area contributed by atoms with Crippen molar-refractivity contribution in [2.45, 2.75) is 38.8 Å². The van der Waals surface area contributed by atoms with E-state index in [1.165, 1.54) is 12.1 Å². The van der Waals surface area contributed by atoms with Crippen molar-refractivity contribution in [2.24, 2.45) is 0 Å². The summed E-state index contributed by atoms with van der Waals surface area (Å²) in [7, 11) is 0. The van der Waals surface area contributed by atoms with Gasteiger partial charge >= 0.3 is 0 Å². The second-order valence-corrected chi connectivity index (χ2v) is 5.83. The van der Waals surface area contributed by atoms with Crippen LogP contribution in [0, 0.1) is 11.6 Å². The lowest BCUT2D eigenvalue weighted by molar-refractivity contribution is 0.194. The Morgan fingerprint density at radius 2 is 2.00 bits per heavy atom. The highest BCUT2D eigenvalue weighted by molar-refractivity contribution is 5.18. The third kappa shape index (κ3) is 3.32. The molecule has 1 saturated heterocycles. The predicted octanol–water partition coefficient (Wildman–Crippen LogP) is 2.96. The Hall–Kier alpha value is -1.82. The van der Waals surface area contributed by atoms with Gasteiger partial charge in [-0.2, -0.15) is 0 Å². The van der Waals surface area contributed by atoms with Crippen molar-refractivity contribution >= 4 is 0 Å². The maximum atomic E-state index is 13.3. The van der Waals surface area contributed by atoms with Crippen LogP contribution in [0.1, 0.15) is 37.1 Å². The molecule has 4 nitrogen and oxygen atoms in total. The molecule has 22 heavy (non-hydrogen) atoms. The summed E-state index contributed by atoms with van der Waals surface area (Å²) >= 11 is 0. The van der Waals surface area contributed by atoms with Gasteiger partial charge in [-0.05, 0) is 44.0 Å². The number of aryl methyl sites for hydroxylation is 1. The average Bonchev–Trinajstić information content (AvgIpc) is 2.95. The second-order valence-electron chi connectivity index (χ2n) is 5.83. The van der Waals surface area contributed by atoms with Gasteiger partial charge in [0.1, 0.15) is 23.8 Å². The standard InChI is InChI=1S/C16H20F2N4/c1-2-22-11-19-20-16(22)13-4-3-5-21(10-13)9-12-6-14(17)8-15(18)7-12/h6-8,11,13H,2-5,9-10H2,1H3/t13-/m0/s1. The van der Waals surface area contributed by atoms with Crippen molar-refractivity contribution in [3.8, 4) is 0 Å². The number of nitrogens with zero attached hydrogens (tertiary/aromatic N) is 4. The van der Waals surface area contributed by atoms with Crippen LogP contribution in [0.3, 0.4) is 0 Å². The highest BCUT2D eigenvalue weighted by Crippen LogP contribution is 2.26. The van der Waals surface area contributed by atoms with Crippen LogP contribution < -0.4 is 0 Å². The van der Waals surface area contributed by atoms with Gasteiger partial charge < -0.3 is 4.57 Å². The highest BCUT2D eigenvalue weighted by Gasteiger charge is 2.25. The molecule has 0 radical (unpaired) electrons. The van der Waals surface area contributed by atoms with Gasteiger partial charge in [0.25, 0.3) is 0 Å². The predicted molar refractivity (Wildman–Crippen MR) is 79.3 cm³/mol. The minimum Gasteiger partial charge on any atom is -0.318 e. The molecule has 118 valence electrons. The van der Waals surface area contributed by atoms with E-state index in [1.807, 2.05) is 0 Å². The molecule has 0 N–H and O–H groups in total. The Kier molecular flexibility index (Phi) is 4.47. The molecule has 0 bridgehead atoms. The molecule has 3 rings (SSSR count). The zero-order chi connectivity index (χ0) is 15.5. The fourth-order valence-electron chi connectivity index (χ4n) is 3.19. The molecular formula is C16H20F2N4. The van der Waals surface area contributed by atoms with Crippen LogP contribution >= 0.6 is 0 Å². The van der Waals surface area contributed by atoms with Gasteiger partial charge in [0.2, 0.25) is 0 Å². The van der Waals surface area contributed by atoms with Crippen LogP contribution in [-0.4, -0.2) is 32.8 Å². The Balaban J connectivity index is 1.70. The zero-order valence-corrected chi connectivity index (χ0v) is 12.7. The number of piperidine rings is 1. The summed E-state index contributed by atoms with van der Waals surface area (Å²) in [6, 6.07) is 3.72. The van der Waals surface area contributed by atoms with Gasteiger partial charge in [-0.3, -0.25) is 4.90 Å². The maximum absolute atomic E-state index is 13.3. The topological polar surface area (TPSA) is 34.0 Å². The van der Waals surface area contributed by atoms with E-state index in [2.05, 4.69) is 26.6 Å². The molecule has 0 unspecified atom stereocenters. The Bertz CT molecular complexity index is 621. The summed E-state index contributed by atoms with van der Waals surface area (Å²) in [6.07, 6.45) is 3.89. The number of aromatic nitrogens is 3. The molecular weight excluding hydrogens is 286 g/mol. The van der Waals surface area contributed by atoms with E-state index in [1.54, 1.807) is 6.33 Å². The first kappa shape index (κ1) is 15.1. The molecule has 1 aliphatic rings. The first-order valence-corrected chi connectivity index (χ1v) is 7.70. The van der Waals surface area contributed by atoms with E-state index in [0.717, 1.165) is 44.4 Å². The van der Waals surface area contributed by atoms with Crippen LogP contribution in [0.4, 0.5) is 8.78 Å². The molecule has 2 heterocycles. The van der Waals surface area contributed by atoms with Crippen LogP contribution in [0.15, 0.2) is 24.5 Å². The number of rotatable bonds is 4. The fourth-order valence-corrected chi connectivity index (χ4v) is 3.19. The van der Waals surface area contributed by atoms with Crippen molar-refractivity contribution in [1.82, 2.24) is 19.7 Å². The fraction of sp³-hybridized carbons (Fsp3) is 0.500. The van der Waals surface area contributed by atoms with Crippen LogP contribution in [0.25, 0.3) is 0 Å². The number of likely N-dealkylation sites (tertiary alicyclic amines) is 1. The number of hydrogen-bond acceptors (Lipinski definition) is 3. The molecule has 0 aliphatic carbocycles. The van der Waals surface area contributed by atoms with Gasteiger partial charge in [-0.1, -0.05) is 0 Å². The molecule has 2 aromatic rings. The lowest BCUT2D eigenvalue weighted by Crippen LogP contribution is -2.35. The highest BCUT2D eigenvalue weighted by atomic mass is 19.1. The summed E-state index contributed by atoms with van der Waals surface area (Å²) in [4.78, 5) is 2.23. The lowest BCUT2D eigenvalue weighted by atomic mass is 9.96. The Morgan fingerprint density at radius 3 is 2.73 bits per heavy atom. The average molecular weight is 306 g/mol. The van der Waals surface area contributed by atoms with Gasteiger partial charge in [-0.25, -0.2) is 8.78 Å². The molecule has 1 aromatic heterocycles. The molecule has 0 spiro atoms. The van der Waals surface area contributed by atoms with Gasteiger partial charge in [0, 0.05) is 31.6 Å². The van der Waals surface area contributed by atoms with Crippen LogP contribution in [0.2, 0.25) is 0 Å². The minimum absolute atomic E-state index is 0.328. The SMILES string of the molecule is CCn1cnnc1[C@H]1CCCN(Cc2cc(F)cc(F)c2)C1. The van der Waals surface area contributed by atoms with Crippen molar-refractivity contribution in [2.75, 3.05) is 13.1 Å². The van der Waals surface area contributed by atoms with E-state index >= 15 is 0 Å². The largest absolute Gasteiger partial charge is 0.318 e. The van der Waals surface area contributed by atoms with E-state index < -0.39 is 11.6 Å². The molecule has 1 aliphatic heterocycles. The van der Waals surface area contributed by atoms with E-state index in [9.17, 15) is 8.78 Å². The monoisotopic (exact) mass is 306 g/mol. The summed E-state index contributed by atoms with van der Waals surface area (Å²) in [5.41, 5.74) is 0.676. The first-order chi connectivity index (χ1) is 10.7. The number of hydrogen-bond donors (Lipinski definition) is 0. The van der Waals surface area contributed by atoms with Gasteiger partial charge in [0.05, 0.1) is 0 Å². The molecule has 1 fully saturated rings. The third-order valence-corrected chi connectivity index (χ3v) is 4.19.